The fraction of sp³-hybridized carbons (Fsp3) is 0.571. The first-order valence-electron chi connectivity index (χ1n) is 10.1. The monoisotopic (exact) mass is 419 g/mol. The Morgan fingerprint density at radius 2 is 2.21 bits per heavy atom. The molecule has 0 aliphatic rings. The SMILES string of the molecule is CCNC(=NCCCCn1c(C)cccc1=O)N(C)Cc1csc(C(C)OC)n1. The smallest absolute Gasteiger partial charge is 0.250 e. The molecule has 8 heteroatoms. The number of nitrogens with one attached hydrogen (secondary N) is 1. The Morgan fingerprint density at radius 1 is 1.41 bits per heavy atom. The van der Waals surface area contributed by atoms with Crippen LogP contribution in [0.4, 0.5) is 0 Å². The van der Waals surface area contributed by atoms with Crippen molar-refractivity contribution in [1.82, 2.24) is 19.8 Å². The Morgan fingerprint density at radius 3 is 2.90 bits per heavy atom. The summed E-state index contributed by atoms with van der Waals surface area (Å²) in [5, 5.41) is 6.41. The average Bonchev–Trinajstić information content (AvgIpc) is 3.16. The van der Waals surface area contributed by atoms with E-state index in [0.717, 1.165) is 54.8 Å². The normalized spacial score (nSPS) is 12.8. The van der Waals surface area contributed by atoms with Gasteiger partial charge in [-0.3, -0.25) is 9.79 Å². The summed E-state index contributed by atoms with van der Waals surface area (Å²) >= 11 is 1.62. The molecule has 2 rings (SSSR count). The van der Waals surface area contributed by atoms with Gasteiger partial charge in [-0.15, -0.1) is 11.3 Å². The predicted molar refractivity (Wildman–Crippen MR) is 120 cm³/mol. The standard InChI is InChI=1S/C21H33N5O2S/c1-6-22-21(25(4)14-18-15-29-20(24-18)17(3)28-5)23-12-7-8-13-26-16(2)10-9-11-19(26)27/h9-11,15,17H,6-8,12-14H2,1-5H3,(H,22,23). The van der Waals surface area contributed by atoms with Gasteiger partial charge in [-0.1, -0.05) is 6.07 Å². The van der Waals surface area contributed by atoms with E-state index in [1.807, 2.05) is 31.5 Å². The van der Waals surface area contributed by atoms with Gasteiger partial charge in [-0.05, 0) is 39.7 Å². The van der Waals surface area contributed by atoms with Gasteiger partial charge in [0.25, 0.3) is 5.56 Å². The minimum Gasteiger partial charge on any atom is -0.375 e. The van der Waals surface area contributed by atoms with Gasteiger partial charge in [0.05, 0.1) is 12.2 Å². The number of guanidine groups is 1. The van der Waals surface area contributed by atoms with Crippen LogP contribution in [0.5, 0.6) is 0 Å². The first-order valence-corrected chi connectivity index (χ1v) is 11.0. The predicted octanol–water partition coefficient (Wildman–Crippen LogP) is 3.20. The molecular formula is C21H33N5O2S. The van der Waals surface area contributed by atoms with E-state index in [-0.39, 0.29) is 11.7 Å². The van der Waals surface area contributed by atoms with Crippen LogP contribution < -0.4 is 10.9 Å². The lowest BCUT2D eigenvalue weighted by atomic mass is 10.3. The van der Waals surface area contributed by atoms with Gasteiger partial charge >= 0.3 is 0 Å². The molecule has 0 saturated carbocycles. The zero-order valence-corrected chi connectivity index (χ0v) is 19.0. The number of rotatable bonds is 10. The Balaban J connectivity index is 1.88. The van der Waals surface area contributed by atoms with Crippen molar-refractivity contribution in [2.45, 2.75) is 52.8 Å². The Bertz CT molecular complexity index is 846. The van der Waals surface area contributed by atoms with Crippen molar-refractivity contribution in [3.8, 4) is 0 Å². The summed E-state index contributed by atoms with van der Waals surface area (Å²) < 4.78 is 7.16. The maximum absolute atomic E-state index is 11.9. The zero-order valence-electron chi connectivity index (χ0n) is 18.1. The van der Waals surface area contributed by atoms with E-state index in [2.05, 4.69) is 27.5 Å². The molecule has 0 aromatic carbocycles. The van der Waals surface area contributed by atoms with E-state index in [9.17, 15) is 4.79 Å². The number of aromatic nitrogens is 2. The fourth-order valence-corrected chi connectivity index (χ4v) is 3.79. The third-order valence-electron chi connectivity index (χ3n) is 4.69. The third-order valence-corrected chi connectivity index (χ3v) is 5.74. The van der Waals surface area contributed by atoms with Crippen molar-refractivity contribution in [1.29, 1.82) is 0 Å². The molecule has 160 valence electrons. The molecule has 29 heavy (non-hydrogen) atoms. The molecular weight excluding hydrogens is 386 g/mol. The number of hydrogen-bond donors (Lipinski definition) is 1. The third kappa shape index (κ3) is 6.97. The summed E-state index contributed by atoms with van der Waals surface area (Å²) in [6.07, 6.45) is 1.86. The summed E-state index contributed by atoms with van der Waals surface area (Å²) in [6, 6.07) is 5.38. The molecule has 0 fully saturated rings. The summed E-state index contributed by atoms with van der Waals surface area (Å²) in [4.78, 5) is 23.4. The number of thiazole rings is 1. The number of unbranched alkanes of at least 4 members (excludes halogenated alkanes) is 1. The molecule has 2 aromatic heterocycles. The van der Waals surface area contributed by atoms with E-state index in [4.69, 9.17) is 9.73 Å². The summed E-state index contributed by atoms with van der Waals surface area (Å²) in [6.45, 7) is 8.98. The maximum atomic E-state index is 11.9. The van der Waals surface area contributed by atoms with E-state index in [1.165, 1.54) is 0 Å². The Hall–Kier alpha value is -2.19. The number of ether oxygens (including phenoxy) is 1. The molecule has 0 saturated heterocycles. The lowest BCUT2D eigenvalue weighted by Gasteiger charge is -2.21. The van der Waals surface area contributed by atoms with Gasteiger partial charge < -0.3 is 19.5 Å². The number of aryl methyl sites for hydroxylation is 1. The second kappa shape index (κ2) is 11.7. The van der Waals surface area contributed by atoms with Crippen LogP contribution in [0.1, 0.15) is 49.2 Å². The largest absolute Gasteiger partial charge is 0.375 e. The van der Waals surface area contributed by atoms with Crippen LogP contribution in [-0.2, 0) is 17.8 Å². The van der Waals surface area contributed by atoms with Crippen LogP contribution >= 0.6 is 11.3 Å². The van der Waals surface area contributed by atoms with Crippen molar-refractivity contribution < 1.29 is 4.74 Å². The van der Waals surface area contributed by atoms with Gasteiger partial charge in [0.1, 0.15) is 11.1 Å². The van der Waals surface area contributed by atoms with E-state index in [0.29, 0.717) is 6.54 Å². The van der Waals surface area contributed by atoms with Crippen molar-refractivity contribution in [3.63, 3.8) is 0 Å². The lowest BCUT2D eigenvalue weighted by Crippen LogP contribution is -2.38. The highest BCUT2D eigenvalue weighted by Crippen LogP contribution is 2.20. The molecule has 0 amide bonds. The van der Waals surface area contributed by atoms with Crippen molar-refractivity contribution in [2.24, 2.45) is 4.99 Å². The fourth-order valence-electron chi connectivity index (χ4n) is 2.95. The molecule has 0 aliphatic carbocycles. The number of hydrogen-bond acceptors (Lipinski definition) is 5. The number of pyridine rings is 1. The van der Waals surface area contributed by atoms with E-state index < -0.39 is 0 Å². The first kappa shape index (κ1) is 23.1. The molecule has 7 nitrogen and oxygen atoms in total. The van der Waals surface area contributed by atoms with Crippen molar-refractivity contribution in [3.05, 3.63) is 50.3 Å². The number of nitrogens with zero attached hydrogens (tertiary/aromatic N) is 4. The van der Waals surface area contributed by atoms with Gasteiger partial charge in [0, 0.05) is 50.9 Å². The molecule has 1 atom stereocenters. The molecule has 0 radical (unpaired) electrons. The van der Waals surface area contributed by atoms with Crippen LogP contribution in [0.25, 0.3) is 0 Å². The number of aliphatic imine (C=N–C) groups is 1. The second-order valence-corrected chi connectivity index (χ2v) is 7.90. The van der Waals surface area contributed by atoms with E-state index >= 15 is 0 Å². The van der Waals surface area contributed by atoms with E-state index in [1.54, 1.807) is 30.6 Å². The maximum Gasteiger partial charge on any atom is 0.250 e. The minimum absolute atomic E-state index is 0.0155. The molecule has 0 spiro atoms. The molecule has 2 aromatic rings. The molecule has 1 N–H and O–H groups in total. The first-order chi connectivity index (χ1) is 14.0. The van der Waals surface area contributed by atoms with Gasteiger partial charge in [0.2, 0.25) is 0 Å². The highest BCUT2D eigenvalue weighted by atomic mass is 32.1. The highest BCUT2D eigenvalue weighted by molar-refractivity contribution is 7.09. The Labute approximate surface area is 177 Å². The van der Waals surface area contributed by atoms with Crippen LogP contribution in [0.3, 0.4) is 0 Å². The zero-order chi connectivity index (χ0) is 21.2. The van der Waals surface area contributed by atoms with Gasteiger partial charge in [-0.2, -0.15) is 0 Å². The van der Waals surface area contributed by atoms with Crippen LogP contribution in [-0.4, -0.2) is 47.7 Å². The molecule has 0 bridgehead atoms. The van der Waals surface area contributed by atoms with Gasteiger partial charge in [0.15, 0.2) is 5.96 Å². The average molecular weight is 420 g/mol. The topological polar surface area (TPSA) is 71.8 Å². The quantitative estimate of drug-likeness (QED) is 0.364. The molecule has 2 heterocycles. The summed E-state index contributed by atoms with van der Waals surface area (Å²) in [7, 11) is 3.72. The van der Waals surface area contributed by atoms with Gasteiger partial charge in [-0.25, -0.2) is 4.98 Å². The summed E-state index contributed by atoms with van der Waals surface area (Å²) in [5.41, 5.74) is 2.08. The van der Waals surface area contributed by atoms with Crippen LogP contribution in [0.15, 0.2) is 33.4 Å². The Kier molecular flexibility index (Phi) is 9.34. The minimum atomic E-state index is 0.0155. The van der Waals surface area contributed by atoms with Crippen molar-refractivity contribution >= 4 is 17.3 Å². The summed E-state index contributed by atoms with van der Waals surface area (Å²) in [5.74, 6) is 0.870. The lowest BCUT2D eigenvalue weighted by molar-refractivity contribution is 0.119. The second-order valence-electron chi connectivity index (χ2n) is 7.01. The van der Waals surface area contributed by atoms with Crippen LogP contribution in [0, 0.1) is 6.92 Å². The highest BCUT2D eigenvalue weighted by Gasteiger charge is 2.12. The molecule has 1 unspecified atom stereocenters. The van der Waals surface area contributed by atoms with Crippen molar-refractivity contribution in [2.75, 3.05) is 27.2 Å². The molecule has 0 aliphatic heterocycles. The van der Waals surface area contributed by atoms with Crippen LogP contribution in [0.2, 0.25) is 0 Å². The number of methoxy groups -OCH3 is 1.